The number of carboxylic acid groups (broad SMARTS) is 2. The molecular weight excluding hydrogens is 148 g/mol. The summed E-state index contributed by atoms with van der Waals surface area (Å²) in [4.78, 5) is 19.8. The second-order valence-electron chi connectivity index (χ2n) is 2.03. The van der Waals surface area contributed by atoms with E-state index in [0.717, 1.165) is 6.08 Å². The van der Waals surface area contributed by atoms with Crippen LogP contribution in [0.2, 0.25) is 0 Å². The Kier molecular flexibility index (Phi) is 4.81. The molecule has 0 bridgehead atoms. The standard InChI is InChI=1S/C7H10O4/c8-6(9)4-2-1-3-5-7(10)11/h2,4H,1,3,5H2,(H,8,9)(H,10,11). The normalized spacial score (nSPS) is 10.2. The van der Waals surface area contributed by atoms with Crippen molar-refractivity contribution in [1.82, 2.24) is 0 Å². The van der Waals surface area contributed by atoms with Crippen molar-refractivity contribution in [3.8, 4) is 0 Å². The Hall–Kier alpha value is -1.32. The highest BCUT2D eigenvalue weighted by Gasteiger charge is 1.93. The van der Waals surface area contributed by atoms with E-state index in [2.05, 4.69) is 0 Å². The summed E-state index contributed by atoms with van der Waals surface area (Å²) in [6, 6.07) is 0. The highest BCUT2D eigenvalue weighted by Crippen LogP contribution is 1.95. The molecular formula is C7H10O4. The molecule has 0 rings (SSSR count). The number of rotatable bonds is 5. The molecule has 4 heteroatoms. The highest BCUT2D eigenvalue weighted by molar-refractivity contribution is 5.79. The molecule has 0 heterocycles. The Balaban J connectivity index is 3.27. The van der Waals surface area contributed by atoms with Crippen LogP contribution in [0.5, 0.6) is 0 Å². The molecule has 0 unspecified atom stereocenters. The smallest absolute Gasteiger partial charge is 0.327 e. The average Bonchev–Trinajstić information content (AvgIpc) is 1.85. The van der Waals surface area contributed by atoms with Gasteiger partial charge in [0.25, 0.3) is 0 Å². The lowest BCUT2D eigenvalue weighted by molar-refractivity contribution is -0.137. The first-order valence-corrected chi connectivity index (χ1v) is 3.24. The first-order valence-electron chi connectivity index (χ1n) is 3.24. The predicted molar refractivity (Wildman–Crippen MR) is 38.3 cm³/mol. The minimum Gasteiger partial charge on any atom is -0.481 e. The molecule has 0 aromatic heterocycles. The minimum atomic E-state index is -1.000. The van der Waals surface area contributed by atoms with Crippen molar-refractivity contribution < 1.29 is 19.8 Å². The summed E-state index contributed by atoms with van der Waals surface area (Å²) in [5, 5.41) is 16.3. The van der Waals surface area contributed by atoms with Crippen LogP contribution in [0.4, 0.5) is 0 Å². The van der Waals surface area contributed by atoms with Crippen molar-refractivity contribution in [1.29, 1.82) is 0 Å². The molecule has 11 heavy (non-hydrogen) atoms. The van der Waals surface area contributed by atoms with Crippen LogP contribution in [-0.4, -0.2) is 22.2 Å². The zero-order chi connectivity index (χ0) is 8.69. The number of carbonyl (C=O) groups is 2. The zero-order valence-electron chi connectivity index (χ0n) is 5.99. The average molecular weight is 158 g/mol. The molecule has 0 radical (unpaired) electrons. The summed E-state index contributed by atoms with van der Waals surface area (Å²) in [6.07, 6.45) is 3.54. The van der Waals surface area contributed by atoms with Crippen LogP contribution in [0.1, 0.15) is 19.3 Å². The lowest BCUT2D eigenvalue weighted by Gasteiger charge is -1.88. The van der Waals surface area contributed by atoms with Crippen molar-refractivity contribution in [3.05, 3.63) is 12.2 Å². The summed E-state index contributed by atoms with van der Waals surface area (Å²) in [6.45, 7) is 0. The molecule has 0 amide bonds. The van der Waals surface area contributed by atoms with Gasteiger partial charge in [-0.3, -0.25) is 4.79 Å². The third-order valence-corrected chi connectivity index (χ3v) is 1.02. The Morgan fingerprint density at radius 2 is 1.91 bits per heavy atom. The molecule has 0 spiro atoms. The number of allylic oxidation sites excluding steroid dienone is 1. The van der Waals surface area contributed by atoms with Crippen molar-refractivity contribution in [2.24, 2.45) is 0 Å². The van der Waals surface area contributed by atoms with Gasteiger partial charge >= 0.3 is 11.9 Å². The topological polar surface area (TPSA) is 74.6 Å². The maximum Gasteiger partial charge on any atom is 0.327 e. The van der Waals surface area contributed by atoms with E-state index in [1.54, 1.807) is 0 Å². The maximum atomic E-state index is 9.96. The summed E-state index contributed by atoms with van der Waals surface area (Å²) >= 11 is 0. The van der Waals surface area contributed by atoms with Gasteiger partial charge in [-0.2, -0.15) is 0 Å². The highest BCUT2D eigenvalue weighted by atomic mass is 16.4. The fourth-order valence-electron chi connectivity index (χ4n) is 0.555. The van der Waals surface area contributed by atoms with Crippen LogP contribution < -0.4 is 0 Å². The van der Waals surface area contributed by atoms with E-state index in [4.69, 9.17) is 10.2 Å². The number of aliphatic carboxylic acids is 2. The van der Waals surface area contributed by atoms with Crippen LogP contribution in [0.3, 0.4) is 0 Å². The molecule has 0 saturated heterocycles. The van der Waals surface area contributed by atoms with Gasteiger partial charge in [0, 0.05) is 12.5 Å². The Morgan fingerprint density at radius 1 is 1.27 bits per heavy atom. The van der Waals surface area contributed by atoms with Gasteiger partial charge in [0.2, 0.25) is 0 Å². The van der Waals surface area contributed by atoms with Gasteiger partial charge in [0.15, 0.2) is 0 Å². The van der Waals surface area contributed by atoms with E-state index in [0.29, 0.717) is 12.8 Å². The van der Waals surface area contributed by atoms with Gasteiger partial charge < -0.3 is 10.2 Å². The second-order valence-corrected chi connectivity index (χ2v) is 2.03. The molecule has 0 aromatic carbocycles. The second kappa shape index (κ2) is 5.46. The molecule has 0 fully saturated rings. The number of carboxylic acids is 2. The number of hydrogen-bond donors (Lipinski definition) is 2. The SMILES string of the molecule is O=C(O)C=CCCCC(=O)O. The Morgan fingerprint density at radius 3 is 2.36 bits per heavy atom. The lowest BCUT2D eigenvalue weighted by atomic mass is 10.2. The van der Waals surface area contributed by atoms with E-state index in [1.165, 1.54) is 6.08 Å². The maximum absolute atomic E-state index is 9.96. The first-order chi connectivity index (χ1) is 5.13. The minimum absolute atomic E-state index is 0.0873. The molecule has 0 aromatic rings. The van der Waals surface area contributed by atoms with E-state index in [9.17, 15) is 9.59 Å². The lowest BCUT2D eigenvalue weighted by Crippen LogP contribution is -1.93. The van der Waals surface area contributed by atoms with Gasteiger partial charge in [-0.05, 0) is 12.8 Å². The third-order valence-electron chi connectivity index (χ3n) is 1.02. The van der Waals surface area contributed by atoms with Crippen molar-refractivity contribution in [2.75, 3.05) is 0 Å². The van der Waals surface area contributed by atoms with E-state index < -0.39 is 11.9 Å². The monoisotopic (exact) mass is 158 g/mol. The van der Waals surface area contributed by atoms with E-state index in [-0.39, 0.29) is 6.42 Å². The zero-order valence-corrected chi connectivity index (χ0v) is 5.99. The predicted octanol–water partition coefficient (Wildman–Crippen LogP) is 0.882. The fourth-order valence-corrected chi connectivity index (χ4v) is 0.555. The Labute approximate surface area is 64.2 Å². The van der Waals surface area contributed by atoms with Gasteiger partial charge in [-0.1, -0.05) is 6.08 Å². The van der Waals surface area contributed by atoms with E-state index in [1.807, 2.05) is 0 Å². The molecule has 2 N–H and O–H groups in total. The molecule has 0 atom stereocenters. The van der Waals surface area contributed by atoms with Gasteiger partial charge in [-0.25, -0.2) is 4.79 Å². The fraction of sp³-hybridized carbons (Fsp3) is 0.429. The van der Waals surface area contributed by atoms with Crippen molar-refractivity contribution in [3.63, 3.8) is 0 Å². The number of unbranched alkanes of at least 4 members (excludes halogenated alkanes) is 1. The quantitative estimate of drug-likeness (QED) is 0.460. The molecule has 0 aliphatic carbocycles. The molecule has 62 valence electrons. The summed E-state index contributed by atoms with van der Waals surface area (Å²) < 4.78 is 0. The largest absolute Gasteiger partial charge is 0.481 e. The molecule has 0 saturated carbocycles. The van der Waals surface area contributed by atoms with Crippen LogP contribution in [0.15, 0.2) is 12.2 Å². The van der Waals surface area contributed by atoms with E-state index >= 15 is 0 Å². The molecule has 0 aliphatic heterocycles. The summed E-state index contributed by atoms with van der Waals surface area (Å²) in [5.41, 5.74) is 0. The van der Waals surface area contributed by atoms with Crippen molar-refractivity contribution >= 4 is 11.9 Å². The van der Waals surface area contributed by atoms with Gasteiger partial charge in [0.1, 0.15) is 0 Å². The molecule has 4 nitrogen and oxygen atoms in total. The van der Waals surface area contributed by atoms with Crippen LogP contribution in [0, 0.1) is 0 Å². The molecule has 0 aliphatic rings. The van der Waals surface area contributed by atoms with Crippen LogP contribution in [0.25, 0.3) is 0 Å². The van der Waals surface area contributed by atoms with Crippen molar-refractivity contribution in [2.45, 2.75) is 19.3 Å². The van der Waals surface area contributed by atoms with Gasteiger partial charge in [0.05, 0.1) is 0 Å². The summed E-state index contributed by atoms with van der Waals surface area (Å²) in [5.74, 6) is -1.85. The third kappa shape index (κ3) is 8.68. The Bertz CT molecular complexity index is 171. The number of hydrogen-bond acceptors (Lipinski definition) is 2. The van der Waals surface area contributed by atoms with Gasteiger partial charge in [-0.15, -0.1) is 0 Å². The van der Waals surface area contributed by atoms with Crippen LogP contribution in [-0.2, 0) is 9.59 Å². The first kappa shape index (κ1) is 9.68. The summed E-state index contributed by atoms with van der Waals surface area (Å²) in [7, 11) is 0. The van der Waals surface area contributed by atoms with Crippen LogP contribution >= 0.6 is 0 Å².